The predicted molar refractivity (Wildman–Crippen MR) is 137 cm³/mol. The minimum absolute atomic E-state index is 0. The van der Waals surface area contributed by atoms with Crippen molar-refractivity contribution in [2.24, 2.45) is 4.99 Å². The third kappa shape index (κ3) is 8.66. The number of nitrogens with one attached hydrogen (secondary N) is 2. The van der Waals surface area contributed by atoms with Crippen molar-refractivity contribution in [3.63, 3.8) is 0 Å². The fraction of sp³-hybridized carbons (Fsp3) is 0.458. The van der Waals surface area contributed by atoms with Crippen LogP contribution in [0.15, 0.2) is 53.5 Å². The molecule has 0 radical (unpaired) electrons. The number of ether oxygens (including phenoxy) is 2. The summed E-state index contributed by atoms with van der Waals surface area (Å²) in [7, 11) is 3.46. The van der Waals surface area contributed by atoms with E-state index < -0.39 is 0 Å². The number of guanidine groups is 1. The molecule has 1 saturated heterocycles. The largest absolute Gasteiger partial charge is 0.496 e. The molecule has 1 heterocycles. The van der Waals surface area contributed by atoms with E-state index in [1.54, 1.807) is 14.2 Å². The van der Waals surface area contributed by atoms with E-state index >= 15 is 0 Å². The molecule has 7 heteroatoms. The maximum absolute atomic E-state index is 5.76. The Hall–Kier alpha value is -1.84. The molecule has 0 saturated carbocycles. The number of methoxy groups -OCH3 is 1. The Morgan fingerprint density at radius 2 is 1.71 bits per heavy atom. The van der Waals surface area contributed by atoms with E-state index in [1.807, 2.05) is 24.3 Å². The maximum Gasteiger partial charge on any atom is 0.191 e. The molecule has 170 valence electrons. The molecule has 0 unspecified atom stereocenters. The third-order valence-electron chi connectivity index (χ3n) is 5.30. The summed E-state index contributed by atoms with van der Waals surface area (Å²) >= 11 is 0. The Labute approximate surface area is 203 Å². The SMILES string of the molecule is CN=C(NCCOCc1ccccc1OC)NCc1ccc(CN2CCCC2)cc1.I. The molecule has 1 fully saturated rings. The molecular weight excluding hydrogens is 503 g/mol. The lowest BCUT2D eigenvalue weighted by atomic mass is 10.1. The normalized spacial score (nSPS) is 14.2. The Morgan fingerprint density at radius 1 is 1.00 bits per heavy atom. The van der Waals surface area contributed by atoms with Crippen molar-refractivity contribution in [3.05, 3.63) is 65.2 Å². The highest BCUT2D eigenvalue weighted by molar-refractivity contribution is 14.0. The summed E-state index contributed by atoms with van der Waals surface area (Å²) < 4.78 is 11.1. The van der Waals surface area contributed by atoms with Crippen LogP contribution in [0.1, 0.15) is 29.5 Å². The first-order valence-corrected chi connectivity index (χ1v) is 10.7. The summed E-state index contributed by atoms with van der Waals surface area (Å²) in [6.45, 7) is 6.06. The zero-order valence-corrected chi connectivity index (χ0v) is 20.9. The number of hydrogen-bond donors (Lipinski definition) is 2. The zero-order valence-electron chi connectivity index (χ0n) is 18.6. The molecule has 0 atom stereocenters. The first kappa shape index (κ1) is 25.4. The van der Waals surface area contributed by atoms with Gasteiger partial charge < -0.3 is 20.1 Å². The molecule has 2 aromatic carbocycles. The number of halogens is 1. The molecule has 1 aliphatic heterocycles. The average Bonchev–Trinajstić information content (AvgIpc) is 3.30. The van der Waals surface area contributed by atoms with Crippen LogP contribution in [-0.2, 0) is 24.4 Å². The fourth-order valence-electron chi connectivity index (χ4n) is 3.61. The Morgan fingerprint density at radius 3 is 2.42 bits per heavy atom. The van der Waals surface area contributed by atoms with Gasteiger partial charge in [-0.05, 0) is 43.1 Å². The van der Waals surface area contributed by atoms with Crippen LogP contribution in [0.2, 0.25) is 0 Å². The van der Waals surface area contributed by atoms with Crippen molar-refractivity contribution < 1.29 is 9.47 Å². The minimum Gasteiger partial charge on any atom is -0.496 e. The van der Waals surface area contributed by atoms with Gasteiger partial charge in [0, 0.05) is 32.2 Å². The van der Waals surface area contributed by atoms with Gasteiger partial charge in [-0.3, -0.25) is 9.89 Å². The van der Waals surface area contributed by atoms with Crippen molar-refractivity contribution in [1.82, 2.24) is 15.5 Å². The first-order valence-electron chi connectivity index (χ1n) is 10.7. The molecule has 0 amide bonds. The summed E-state index contributed by atoms with van der Waals surface area (Å²) in [5.41, 5.74) is 3.68. The van der Waals surface area contributed by atoms with Crippen LogP contribution in [0.25, 0.3) is 0 Å². The predicted octanol–water partition coefficient (Wildman–Crippen LogP) is 3.79. The fourth-order valence-corrected chi connectivity index (χ4v) is 3.61. The van der Waals surface area contributed by atoms with Gasteiger partial charge in [-0.15, -0.1) is 24.0 Å². The van der Waals surface area contributed by atoms with Crippen LogP contribution in [0, 0.1) is 0 Å². The first-order chi connectivity index (χ1) is 14.8. The summed E-state index contributed by atoms with van der Waals surface area (Å²) in [4.78, 5) is 6.81. The summed E-state index contributed by atoms with van der Waals surface area (Å²) in [5, 5.41) is 6.65. The second kappa shape index (κ2) is 14.3. The Kier molecular flexibility index (Phi) is 11.7. The monoisotopic (exact) mass is 538 g/mol. The van der Waals surface area contributed by atoms with Crippen LogP contribution >= 0.6 is 24.0 Å². The molecule has 2 aromatic rings. The van der Waals surface area contributed by atoms with Gasteiger partial charge >= 0.3 is 0 Å². The molecule has 0 aromatic heterocycles. The number of rotatable bonds is 10. The quantitative estimate of drug-likeness (QED) is 0.209. The summed E-state index contributed by atoms with van der Waals surface area (Å²) in [6.07, 6.45) is 2.67. The lowest BCUT2D eigenvalue weighted by Gasteiger charge is -2.15. The van der Waals surface area contributed by atoms with Crippen LogP contribution in [0.4, 0.5) is 0 Å². The van der Waals surface area contributed by atoms with Crippen LogP contribution in [0.5, 0.6) is 5.75 Å². The number of aliphatic imine (C=N–C) groups is 1. The van der Waals surface area contributed by atoms with Gasteiger partial charge in [0.1, 0.15) is 5.75 Å². The van der Waals surface area contributed by atoms with Crippen LogP contribution in [0.3, 0.4) is 0 Å². The zero-order chi connectivity index (χ0) is 21.0. The molecule has 0 aliphatic carbocycles. The van der Waals surface area contributed by atoms with Crippen LogP contribution in [-0.4, -0.2) is 51.3 Å². The molecular formula is C24H35IN4O2. The van der Waals surface area contributed by atoms with Crippen molar-refractivity contribution >= 4 is 29.9 Å². The maximum atomic E-state index is 5.76. The molecule has 3 rings (SSSR count). The van der Waals surface area contributed by atoms with E-state index in [0.717, 1.165) is 30.4 Å². The highest BCUT2D eigenvalue weighted by atomic mass is 127. The number of benzene rings is 2. The summed E-state index contributed by atoms with van der Waals surface area (Å²) in [6, 6.07) is 16.8. The van der Waals surface area contributed by atoms with E-state index in [2.05, 4.69) is 44.8 Å². The Balaban J connectivity index is 0.00000341. The third-order valence-corrected chi connectivity index (χ3v) is 5.30. The van der Waals surface area contributed by atoms with E-state index in [0.29, 0.717) is 19.8 Å². The highest BCUT2D eigenvalue weighted by Gasteiger charge is 2.11. The van der Waals surface area contributed by atoms with E-state index in [9.17, 15) is 0 Å². The van der Waals surface area contributed by atoms with Crippen molar-refractivity contribution in [2.75, 3.05) is 40.4 Å². The molecule has 6 nitrogen and oxygen atoms in total. The molecule has 31 heavy (non-hydrogen) atoms. The van der Waals surface area contributed by atoms with Gasteiger partial charge in [0.05, 0.1) is 20.3 Å². The molecule has 0 spiro atoms. The van der Waals surface area contributed by atoms with Gasteiger partial charge in [0.15, 0.2) is 5.96 Å². The number of hydrogen-bond acceptors (Lipinski definition) is 4. The van der Waals surface area contributed by atoms with E-state index in [4.69, 9.17) is 9.47 Å². The van der Waals surface area contributed by atoms with Gasteiger partial charge in [-0.2, -0.15) is 0 Å². The standard InChI is InChI=1S/C24H34N4O2.HI/c1-25-24(26-13-16-30-19-22-7-3-4-8-23(22)29-2)27-17-20-9-11-21(12-10-20)18-28-14-5-6-15-28;/h3-4,7-12H,5-6,13-19H2,1-2H3,(H2,25,26,27);1H. The second-order valence-corrected chi connectivity index (χ2v) is 7.52. The molecule has 2 N–H and O–H groups in total. The minimum atomic E-state index is 0. The Bertz CT molecular complexity index is 792. The summed E-state index contributed by atoms with van der Waals surface area (Å²) in [5.74, 6) is 1.63. The molecule has 1 aliphatic rings. The number of likely N-dealkylation sites (tertiary alicyclic amines) is 1. The van der Waals surface area contributed by atoms with Crippen molar-refractivity contribution in [1.29, 1.82) is 0 Å². The number of para-hydroxylation sites is 1. The smallest absolute Gasteiger partial charge is 0.191 e. The van der Waals surface area contributed by atoms with Gasteiger partial charge in [-0.25, -0.2) is 0 Å². The van der Waals surface area contributed by atoms with E-state index in [1.165, 1.54) is 37.1 Å². The lowest BCUT2D eigenvalue weighted by Crippen LogP contribution is -2.38. The lowest BCUT2D eigenvalue weighted by molar-refractivity contribution is 0.123. The van der Waals surface area contributed by atoms with Gasteiger partial charge in [-0.1, -0.05) is 42.5 Å². The number of nitrogens with zero attached hydrogens (tertiary/aromatic N) is 2. The average molecular weight is 538 g/mol. The van der Waals surface area contributed by atoms with Crippen LogP contribution < -0.4 is 15.4 Å². The topological polar surface area (TPSA) is 58.1 Å². The molecule has 0 bridgehead atoms. The van der Waals surface area contributed by atoms with Gasteiger partial charge in [0.2, 0.25) is 0 Å². The highest BCUT2D eigenvalue weighted by Crippen LogP contribution is 2.17. The van der Waals surface area contributed by atoms with Gasteiger partial charge in [0.25, 0.3) is 0 Å². The second-order valence-electron chi connectivity index (χ2n) is 7.52. The van der Waals surface area contributed by atoms with Crippen molar-refractivity contribution in [2.45, 2.75) is 32.5 Å². The van der Waals surface area contributed by atoms with E-state index in [-0.39, 0.29) is 24.0 Å². The van der Waals surface area contributed by atoms with Crippen molar-refractivity contribution in [3.8, 4) is 5.75 Å².